The molecule has 1 aromatic heterocycles. The second-order valence-electron chi connectivity index (χ2n) is 4.13. The molecule has 2 atom stereocenters. The molecule has 0 N–H and O–H groups in total. The number of halogens is 3. The van der Waals surface area contributed by atoms with Crippen LogP contribution in [0.2, 0.25) is 4.34 Å². The molecule has 0 saturated heterocycles. The number of benzene rings is 1. The maximum atomic E-state index is 6.58. The highest BCUT2D eigenvalue weighted by Gasteiger charge is 2.32. The highest BCUT2D eigenvalue weighted by molar-refractivity contribution is 9.10. The third-order valence-electron chi connectivity index (χ3n) is 3.03. The van der Waals surface area contributed by atoms with Gasteiger partial charge in [0.25, 0.3) is 0 Å². The Hall–Kier alpha value is -0.220. The Morgan fingerprint density at radius 2 is 2.17 bits per heavy atom. The van der Waals surface area contributed by atoms with Crippen molar-refractivity contribution in [2.75, 3.05) is 6.61 Å². The van der Waals surface area contributed by atoms with E-state index in [4.69, 9.17) is 27.9 Å². The first-order valence-corrected chi connectivity index (χ1v) is 7.89. The molecule has 0 aliphatic carbocycles. The van der Waals surface area contributed by atoms with E-state index in [1.54, 1.807) is 0 Å². The molecule has 0 fully saturated rings. The van der Waals surface area contributed by atoms with Crippen LogP contribution < -0.4 is 4.74 Å². The fourth-order valence-corrected chi connectivity index (χ4v) is 4.31. The molecule has 1 aromatic carbocycles. The Balaban J connectivity index is 1.92. The van der Waals surface area contributed by atoms with Gasteiger partial charge in [-0.25, -0.2) is 0 Å². The smallest absolute Gasteiger partial charge is 0.122 e. The molecule has 0 spiro atoms. The minimum atomic E-state index is -0.109. The quantitative estimate of drug-likeness (QED) is 0.629. The van der Waals surface area contributed by atoms with Crippen molar-refractivity contribution < 1.29 is 4.74 Å². The molecule has 5 heteroatoms. The van der Waals surface area contributed by atoms with Crippen LogP contribution in [0.25, 0.3) is 0 Å². The summed E-state index contributed by atoms with van der Waals surface area (Å²) in [5.41, 5.74) is 1.18. The van der Waals surface area contributed by atoms with Gasteiger partial charge in [0, 0.05) is 20.8 Å². The second kappa shape index (κ2) is 5.04. The van der Waals surface area contributed by atoms with Gasteiger partial charge in [0.1, 0.15) is 10.1 Å². The van der Waals surface area contributed by atoms with E-state index in [-0.39, 0.29) is 11.3 Å². The van der Waals surface area contributed by atoms with E-state index in [2.05, 4.69) is 22.0 Å². The van der Waals surface area contributed by atoms with Gasteiger partial charge in [0.15, 0.2) is 0 Å². The molecular formula is C13H9BrCl2OS. The van der Waals surface area contributed by atoms with Crippen molar-refractivity contribution in [3.8, 4) is 5.75 Å². The summed E-state index contributed by atoms with van der Waals surface area (Å²) in [5, 5.41) is -0.109. The van der Waals surface area contributed by atoms with E-state index in [9.17, 15) is 0 Å². The van der Waals surface area contributed by atoms with Crippen molar-refractivity contribution >= 4 is 50.5 Å². The monoisotopic (exact) mass is 362 g/mol. The molecule has 1 nitrogen and oxygen atoms in total. The predicted molar refractivity (Wildman–Crippen MR) is 80.3 cm³/mol. The first-order chi connectivity index (χ1) is 8.66. The third kappa shape index (κ3) is 2.18. The Bertz CT molecular complexity index is 565. The molecule has 1 aliphatic rings. The van der Waals surface area contributed by atoms with Crippen molar-refractivity contribution in [2.45, 2.75) is 11.3 Å². The fourth-order valence-electron chi connectivity index (χ4n) is 2.13. The Labute approximate surface area is 128 Å². The van der Waals surface area contributed by atoms with Crippen LogP contribution >= 0.6 is 50.5 Å². The van der Waals surface area contributed by atoms with Crippen LogP contribution in [0, 0.1) is 0 Å². The van der Waals surface area contributed by atoms with Crippen LogP contribution in [-0.4, -0.2) is 6.61 Å². The van der Waals surface area contributed by atoms with Gasteiger partial charge in [-0.2, -0.15) is 0 Å². The van der Waals surface area contributed by atoms with Crippen LogP contribution in [-0.2, 0) is 0 Å². The third-order valence-corrected chi connectivity index (χ3v) is 6.25. The summed E-state index contributed by atoms with van der Waals surface area (Å²) in [6, 6.07) is 10.0. The SMILES string of the molecule is Clc1sc(C(Cl)C2COc3ccccc32)cc1Br. The van der Waals surface area contributed by atoms with Gasteiger partial charge < -0.3 is 4.74 Å². The van der Waals surface area contributed by atoms with Gasteiger partial charge in [-0.1, -0.05) is 29.8 Å². The molecule has 94 valence electrons. The number of hydrogen-bond donors (Lipinski definition) is 0. The summed E-state index contributed by atoms with van der Waals surface area (Å²) in [4.78, 5) is 1.07. The number of rotatable bonds is 2. The number of hydrogen-bond acceptors (Lipinski definition) is 2. The summed E-state index contributed by atoms with van der Waals surface area (Å²) in [5.74, 6) is 1.12. The van der Waals surface area contributed by atoms with E-state index in [0.29, 0.717) is 6.61 Å². The molecule has 0 saturated carbocycles. The first-order valence-electron chi connectivity index (χ1n) is 5.47. The van der Waals surface area contributed by atoms with E-state index < -0.39 is 0 Å². The highest BCUT2D eigenvalue weighted by Crippen LogP contribution is 2.47. The van der Waals surface area contributed by atoms with Crippen LogP contribution in [0.1, 0.15) is 21.7 Å². The standard InChI is InChI=1S/C13H9BrCl2OS/c14-9-5-11(18-13(9)16)12(15)8-6-17-10-4-2-1-3-7(8)10/h1-5,8,12H,6H2. The van der Waals surface area contributed by atoms with Gasteiger partial charge in [-0.3, -0.25) is 0 Å². The van der Waals surface area contributed by atoms with Crippen molar-refractivity contribution in [1.29, 1.82) is 0 Å². The lowest BCUT2D eigenvalue weighted by Gasteiger charge is -2.14. The second-order valence-corrected chi connectivity index (χ2v) is 7.14. The zero-order chi connectivity index (χ0) is 12.7. The molecule has 18 heavy (non-hydrogen) atoms. The summed E-state index contributed by atoms with van der Waals surface area (Å²) in [6.45, 7) is 0.626. The lowest BCUT2D eigenvalue weighted by atomic mass is 9.97. The van der Waals surface area contributed by atoms with Gasteiger partial charge in [0.2, 0.25) is 0 Å². The van der Waals surface area contributed by atoms with E-state index in [1.165, 1.54) is 16.9 Å². The topological polar surface area (TPSA) is 9.23 Å². The highest BCUT2D eigenvalue weighted by atomic mass is 79.9. The molecule has 0 bridgehead atoms. The van der Waals surface area contributed by atoms with Crippen molar-refractivity contribution in [2.24, 2.45) is 0 Å². The maximum Gasteiger partial charge on any atom is 0.122 e. The first kappa shape index (κ1) is 12.8. The molecule has 0 radical (unpaired) electrons. The normalized spacial score (nSPS) is 19.4. The molecular weight excluding hydrogens is 355 g/mol. The summed E-state index contributed by atoms with van der Waals surface area (Å²) >= 11 is 17.6. The summed E-state index contributed by atoms with van der Waals surface area (Å²) < 4.78 is 7.31. The van der Waals surface area contributed by atoms with Crippen LogP contribution in [0.15, 0.2) is 34.8 Å². The van der Waals surface area contributed by atoms with Crippen LogP contribution in [0.3, 0.4) is 0 Å². The number of fused-ring (bicyclic) bond motifs is 1. The van der Waals surface area contributed by atoms with Gasteiger partial charge in [-0.05, 0) is 28.1 Å². The number of ether oxygens (including phenoxy) is 1. The number of alkyl halides is 1. The lowest BCUT2D eigenvalue weighted by molar-refractivity contribution is 0.328. The number of thiophene rings is 1. The van der Waals surface area contributed by atoms with Crippen molar-refractivity contribution in [1.82, 2.24) is 0 Å². The van der Waals surface area contributed by atoms with E-state index in [1.807, 2.05) is 24.3 Å². The average molecular weight is 364 g/mol. The minimum Gasteiger partial charge on any atom is -0.493 e. The predicted octanol–water partition coefficient (Wildman–Crippen LogP) is 5.62. The van der Waals surface area contributed by atoms with Gasteiger partial charge >= 0.3 is 0 Å². The molecule has 0 amide bonds. The van der Waals surface area contributed by atoms with Gasteiger partial charge in [0.05, 0.1) is 12.0 Å². The van der Waals surface area contributed by atoms with Gasteiger partial charge in [-0.15, -0.1) is 22.9 Å². The van der Waals surface area contributed by atoms with Crippen molar-refractivity contribution in [3.05, 3.63) is 49.6 Å². The molecule has 2 unspecified atom stereocenters. The largest absolute Gasteiger partial charge is 0.493 e. The number of para-hydroxylation sites is 1. The molecule has 2 heterocycles. The average Bonchev–Trinajstić information content (AvgIpc) is 2.93. The Morgan fingerprint density at radius 3 is 2.89 bits per heavy atom. The Morgan fingerprint density at radius 1 is 1.39 bits per heavy atom. The minimum absolute atomic E-state index is 0.109. The Kier molecular flexibility index (Phi) is 3.59. The van der Waals surface area contributed by atoms with Crippen molar-refractivity contribution in [3.63, 3.8) is 0 Å². The lowest BCUT2D eigenvalue weighted by Crippen LogP contribution is -2.06. The summed E-state index contributed by atoms with van der Waals surface area (Å²) in [6.07, 6.45) is 0. The molecule has 1 aliphatic heterocycles. The van der Waals surface area contributed by atoms with Crippen LogP contribution in [0.4, 0.5) is 0 Å². The maximum absolute atomic E-state index is 6.58. The zero-order valence-electron chi connectivity index (χ0n) is 9.20. The van der Waals surface area contributed by atoms with E-state index in [0.717, 1.165) is 19.4 Å². The zero-order valence-corrected chi connectivity index (χ0v) is 13.1. The molecule has 2 aromatic rings. The van der Waals surface area contributed by atoms with E-state index >= 15 is 0 Å². The molecule has 3 rings (SSSR count). The summed E-state index contributed by atoms with van der Waals surface area (Å²) in [7, 11) is 0. The van der Waals surface area contributed by atoms with Crippen LogP contribution in [0.5, 0.6) is 5.75 Å². The fraction of sp³-hybridized carbons (Fsp3) is 0.231.